The molecule has 0 aliphatic heterocycles. The van der Waals surface area contributed by atoms with Crippen molar-refractivity contribution < 1.29 is 0 Å². The molecule has 82 valence electrons. The summed E-state index contributed by atoms with van der Waals surface area (Å²) in [5, 5.41) is 0.776. The molecule has 0 heterocycles. The van der Waals surface area contributed by atoms with Crippen LogP contribution in [0.4, 0.5) is 0 Å². The Kier molecular flexibility index (Phi) is 2.75. The third-order valence-electron chi connectivity index (χ3n) is 3.07. The monoisotopic (exact) mass is 224 g/mol. The predicted molar refractivity (Wildman–Crippen MR) is 64.0 cm³/mol. The van der Waals surface area contributed by atoms with Gasteiger partial charge in [0, 0.05) is 10.6 Å². The molecule has 0 saturated heterocycles. The van der Waals surface area contributed by atoms with Gasteiger partial charge in [0.15, 0.2) is 0 Å². The number of likely N-dealkylation sites (N-methyl/N-ethyl adjacent to an activating group) is 1. The van der Waals surface area contributed by atoms with Gasteiger partial charge in [-0.2, -0.15) is 0 Å². The second kappa shape index (κ2) is 3.78. The van der Waals surface area contributed by atoms with E-state index in [-0.39, 0.29) is 5.54 Å². The summed E-state index contributed by atoms with van der Waals surface area (Å²) in [6.45, 7) is 0. The molecule has 1 aliphatic rings. The van der Waals surface area contributed by atoms with Crippen molar-refractivity contribution in [3.05, 3.63) is 34.9 Å². The van der Waals surface area contributed by atoms with Crippen LogP contribution >= 0.6 is 11.6 Å². The zero-order valence-electron chi connectivity index (χ0n) is 9.20. The number of benzene rings is 1. The molecule has 3 heteroatoms. The fourth-order valence-corrected chi connectivity index (χ4v) is 2.33. The van der Waals surface area contributed by atoms with Gasteiger partial charge in [0.2, 0.25) is 0 Å². The lowest BCUT2D eigenvalue weighted by Gasteiger charge is -2.30. The molecule has 0 aromatic heterocycles. The van der Waals surface area contributed by atoms with Crippen LogP contribution in [0.15, 0.2) is 24.3 Å². The van der Waals surface area contributed by atoms with Crippen molar-refractivity contribution >= 4 is 11.6 Å². The molecule has 0 radical (unpaired) electrons. The number of rotatable bonds is 3. The molecule has 1 aromatic carbocycles. The summed E-state index contributed by atoms with van der Waals surface area (Å²) < 4.78 is 0. The zero-order chi connectivity index (χ0) is 11.1. The quantitative estimate of drug-likeness (QED) is 0.855. The van der Waals surface area contributed by atoms with Gasteiger partial charge in [-0.05, 0) is 44.6 Å². The van der Waals surface area contributed by atoms with Crippen LogP contribution in [0.3, 0.4) is 0 Å². The van der Waals surface area contributed by atoms with Crippen molar-refractivity contribution in [3.8, 4) is 0 Å². The second-order valence-electron chi connectivity index (χ2n) is 4.65. The van der Waals surface area contributed by atoms with Crippen molar-refractivity contribution in [2.24, 2.45) is 5.73 Å². The maximum Gasteiger partial charge on any atom is 0.0523 e. The molecule has 0 spiro atoms. The number of nitrogens with two attached hydrogens (primary N) is 1. The van der Waals surface area contributed by atoms with Gasteiger partial charge in [-0.3, -0.25) is 0 Å². The minimum Gasteiger partial charge on any atom is -0.323 e. The van der Waals surface area contributed by atoms with Crippen molar-refractivity contribution in [2.45, 2.75) is 24.4 Å². The third-order valence-corrected chi connectivity index (χ3v) is 3.33. The number of hydrogen-bond acceptors (Lipinski definition) is 2. The Morgan fingerprint density at radius 3 is 2.20 bits per heavy atom. The van der Waals surface area contributed by atoms with E-state index >= 15 is 0 Å². The van der Waals surface area contributed by atoms with Crippen LogP contribution in [-0.2, 0) is 0 Å². The highest BCUT2D eigenvalue weighted by Gasteiger charge is 2.47. The normalized spacial score (nSPS) is 20.3. The smallest absolute Gasteiger partial charge is 0.0523 e. The van der Waals surface area contributed by atoms with Gasteiger partial charge in [0.1, 0.15) is 0 Å². The van der Waals surface area contributed by atoms with Gasteiger partial charge in [-0.15, -0.1) is 0 Å². The third kappa shape index (κ3) is 2.17. The van der Waals surface area contributed by atoms with E-state index in [4.69, 9.17) is 17.3 Å². The highest BCUT2D eigenvalue weighted by atomic mass is 35.5. The molecule has 15 heavy (non-hydrogen) atoms. The van der Waals surface area contributed by atoms with Crippen LogP contribution in [0.2, 0.25) is 5.02 Å². The Balaban J connectivity index is 2.29. The summed E-state index contributed by atoms with van der Waals surface area (Å²) in [5.74, 6) is 0. The standard InChI is InChI=1S/C12H17ClN2/c1-15(2)11(12(14)7-8-12)9-3-5-10(13)6-4-9/h3-6,11H,7-8,14H2,1-2H3. The Labute approximate surface area is 96.0 Å². The first-order valence-electron chi connectivity index (χ1n) is 5.24. The molecule has 1 saturated carbocycles. The van der Waals surface area contributed by atoms with E-state index in [9.17, 15) is 0 Å². The van der Waals surface area contributed by atoms with Gasteiger partial charge in [0.25, 0.3) is 0 Å². The zero-order valence-corrected chi connectivity index (χ0v) is 9.96. The molecule has 1 aliphatic carbocycles. The Hall–Kier alpha value is -0.570. The van der Waals surface area contributed by atoms with Crippen molar-refractivity contribution in [1.82, 2.24) is 4.90 Å². The summed E-state index contributed by atoms with van der Waals surface area (Å²) in [5.41, 5.74) is 7.51. The van der Waals surface area contributed by atoms with E-state index in [2.05, 4.69) is 31.1 Å². The average molecular weight is 225 g/mol. The lowest BCUT2D eigenvalue weighted by atomic mass is 9.97. The first-order chi connectivity index (χ1) is 7.03. The molecule has 0 amide bonds. The minimum atomic E-state index is -0.0304. The number of nitrogens with zero attached hydrogens (tertiary/aromatic N) is 1. The van der Waals surface area contributed by atoms with E-state index in [1.807, 2.05) is 12.1 Å². The summed E-state index contributed by atoms with van der Waals surface area (Å²) in [7, 11) is 4.15. The molecule has 0 bridgehead atoms. The first kappa shape index (κ1) is 10.9. The maximum atomic E-state index is 6.29. The minimum absolute atomic E-state index is 0.0304. The van der Waals surface area contributed by atoms with Crippen LogP contribution in [0, 0.1) is 0 Å². The highest BCUT2D eigenvalue weighted by molar-refractivity contribution is 6.30. The molecule has 1 aromatic rings. The van der Waals surface area contributed by atoms with Gasteiger partial charge in [0.05, 0.1) is 6.04 Å². The molecule has 2 N–H and O–H groups in total. The second-order valence-corrected chi connectivity index (χ2v) is 5.09. The van der Waals surface area contributed by atoms with Crippen LogP contribution in [0.1, 0.15) is 24.4 Å². The fraction of sp³-hybridized carbons (Fsp3) is 0.500. The first-order valence-corrected chi connectivity index (χ1v) is 5.61. The number of hydrogen-bond donors (Lipinski definition) is 1. The summed E-state index contributed by atoms with van der Waals surface area (Å²) >= 11 is 5.88. The maximum absolute atomic E-state index is 6.29. The van der Waals surface area contributed by atoms with Crippen LogP contribution in [0.5, 0.6) is 0 Å². The van der Waals surface area contributed by atoms with Crippen LogP contribution < -0.4 is 5.73 Å². The average Bonchev–Trinajstić information content (AvgIpc) is 2.88. The molecule has 1 fully saturated rings. The van der Waals surface area contributed by atoms with E-state index in [0.29, 0.717) is 6.04 Å². The molecular formula is C12H17ClN2. The SMILES string of the molecule is CN(C)C(c1ccc(Cl)cc1)C1(N)CC1. The van der Waals surface area contributed by atoms with Gasteiger partial charge in [-0.1, -0.05) is 23.7 Å². The van der Waals surface area contributed by atoms with Crippen molar-refractivity contribution in [1.29, 1.82) is 0 Å². The fourth-order valence-electron chi connectivity index (χ4n) is 2.21. The lowest BCUT2D eigenvalue weighted by molar-refractivity contribution is 0.246. The Morgan fingerprint density at radius 1 is 1.27 bits per heavy atom. The largest absolute Gasteiger partial charge is 0.323 e. The molecule has 2 rings (SSSR count). The molecular weight excluding hydrogens is 208 g/mol. The molecule has 2 nitrogen and oxygen atoms in total. The Bertz CT molecular complexity index is 341. The van der Waals surface area contributed by atoms with Gasteiger partial charge >= 0.3 is 0 Å². The summed E-state index contributed by atoms with van der Waals surface area (Å²) in [4.78, 5) is 2.19. The van der Waals surface area contributed by atoms with Gasteiger partial charge < -0.3 is 10.6 Å². The van der Waals surface area contributed by atoms with Gasteiger partial charge in [-0.25, -0.2) is 0 Å². The Morgan fingerprint density at radius 2 is 1.80 bits per heavy atom. The highest BCUT2D eigenvalue weighted by Crippen LogP contribution is 2.45. The van der Waals surface area contributed by atoms with E-state index < -0.39 is 0 Å². The summed E-state index contributed by atoms with van der Waals surface area (Å²) in [6, 6.07) is 8.30. The number of halogens is 1. The van der Waals surface area contributed by atoms with E-state index in [1.165, 1.54) is 5.56 Å². The molecule has 1 unspecified atom stereocenters. The molecule has 1 atom stereocenters. The lowest BCUT2D eigenvalue weighted by Crippen LogP contribution is -2.39. The van der Waals surface area contributed by atoms with Crippen LogP contribution in [0.25, 0.3) is 0 Å². The van der Waals surface area contributed by atoms with Crippen LogP contribution in [-0.4, -0.2) is 24.5 Å². The topological polar surface area (TPSA) is 29.3 Å². The predicted octanol–water partition coefficient (Wildman–Crippen LogP) is 2.43. The van der Waals surface area contributed by atoms with Crippen molar-refractivity contribution in [2.75, 3.05) is 14.1 Å². The van der Waals surface area contributed by atoms with E-state index in [0.717, 1.165) is 17.9 Å². The van der Waals surface area contributed by atoms with E-state index in [1.54, 1.807) is 0 Å². The summed E-state index contributed by atoms with van der Waals surface area (Å²) in [6.07, 6.45) is 2.22. The van der Waals surface area contributed by atoms with Crippen molar-refractivity contribution in [3.63, 3.8) is 0 Å².